The number of para-hydroxylation sites is 1. The van der Waals surface area contributed by atoms with E-state index >= 15 is 0 Å². The first kappa shape index (κ1) is 22.3. The lowest BCUT2D eigenvalue weighted by atomic mass is 10.1. The zero-order valence-electron chi connectivity index (χ0n) is 18.8. The predicted molar refractivity (Wildman–Crippen MR) is 125 cm³/mol. The molecule has 34 heavy (non-hydrogen) atoms. The number of pyridine rings is 1. The van der Waals surface area contributed by atoms with E-state index in [1.807, 2.05) is 0 Å². The summed E-state index contributed by atoms with van der Waals surface area (Å²) in [6.45, 7) is 5.15. The van der Waals surface area contributed by atoms with Gasteiger partial charge in [0.2, 0.25) is 5.91 Å². The zero-order valence-corrected chi connectivity index (χ0v) is 19.6. The number of benzene rings is 1. The summed E-state index contributed by atoms with van der Waals surface area (Å²) in [7, 11) is -1.38. The molecule has 8 nitrogen and oxygen atoms in total. The number of anilines is 1. The summed E-state index contributed by atoms with van der Waals surface area (Å²) in [5, 5.41) is 10.1. The van der Waals surface area contributed by atoms with Gasteiger partial charge in [0.1, 0.15) is 22.8 Å². The Morgan fingerprint density at radius 1 is 1.21 bits per heavy atom. The van der Waals surface area contributed by atoms with Gasteiger partial charge in [0.05, 0.1) is 39.3 Å². The molecule has 1 aliphatic rings. The molecule has 0 radical (unpaired) electrons. The first-order valence-corrected chi connectivity index (χ1v) is 12.0. The molecule has 0 aliphatic carbocycles. The summed E-state index contributed by atoms with van der Waals surface area (Å²) in [5.74, 6) is -0.586. The fourth-order valence-corrected chi connectivity index (χ4v) is 5.19. The molecule has 3 aromatic heterocycles. The molecular formula is C24H22FN5O3S. The number of amides is 1. The van der Waals surface area contributed by atoms with Gasteiger partial charge in [-0.05, 0) is 32.9 Å². The van der Waals surface area contributed by atoms with Crippen molar-refractivity contribution in [3.8, 4) is 11.1 Å². The highest BCUT2D eigenvalue weighted by Gasteiger charge is 2.30. The van der Waals surface area contributed by atoms with Crippen LogP contribution in [0.2, 0.25) is 0 Å². The van der Waals surface area contributed by atoms with Crippen LogP contribution in [-0.2, 0) is 27.7 Å². The molecule has 5 rings (SSSR count). The maximum Gasteiger partial charge on any atom is 0.240 e. The number of halogens is 1. The Hall–Kier alpha value is -3.50. The minimum atomic E-state index is -1.38. The van der Waals surface area contributed by atoms with Crippen LogP contribution >= 0.6 is 0 Å². The molecule has 0 fully saturated rings. The van der Waals surface area contributed by atoms with E-state index in [4.69, 9.17) is 0 Å². The molecule has 1 amide bonds. The largest absolute Gasteiger partial charge is 0.382 e. The summed E-state index contributed by atoms with van der Waals surface area (Å²) in [5.41, 5.74) is 1.87. The summed E-state index contributed by atoms with van der Waals surface area (Å²) >= 11 is 0. The molecule has 4 heterocycles. The molecule has 174 valence electrons. The highest BCUT2D eigenvalue weighted by molar-refractivity contribution is 7.86. The van der Waals surface area contributed by atoms with Crippen LogP contribution in [0.1, 0.15) is 31.1 Å². The van der Waals surface area contributed by atoms with Crippen LogP contribution in [0.5, 0.6) is 0 Å². The molecule has 4 aromatic rings. The predicted octanol–water partition coefficient (Wildman–Crippen LogP) is 3.12. The summed E-state index contributed by atoms with van der Waals surface area (Å²) in [4.78, 5) is 27.8. The number of hydrogen-bond donors (Lipinski definition) is 1. The SMILES string of the molecule is Cc1nc2cc(F)c(-c3cnc(C(C)(C)O)nc3)cn2c1CN1C(=O)CS(=O)c2ccccc21. The molecule has 0 saturated heterocycles. The van der Waals surface area contributed by atoms with Crippen LogP contribution in [-0.4, -0.2) is 40.3 Å². The minimum Gasteiger partial charge on any atom is -0.382 e. The van der Waals surface area contributed by atoms with E-state index in [0.717, 1.165) is 0 Å². The lowest BCUT2D eigenvalue weighted by Crippen LogP contribution is -2.38. The first-order chi connectivity index (χ1) is 16.1. The van der Waals surface area contributed by atoms with Gasteiger partial charge in [0.25, 0.3) is 0 Å². The summed E-state index contributed by atoms with van der Waals surface area (Å²) < 4.78 is 29.2. The Morgan fingerprint density at radius 3 is 2.62 bits per heavy atom. The van der Waals surface area contributed by atoms with E-state index in [1.54, 1.807) is 60.5 Å². The standard InChI is InChI=1S/C24H22FN5O3S/c1-14-19(12-30-18-6-4-5-7-20(18)34(33)13-22(30)31)29-11-16(17(25)8-21(29)28-14)15-9-26-23(27-10-15)24(2,3)32/h4-11,32H,12-13H2,1-3H3. The van der Waals surface area contributed by atoms with Crippen LogP contribution in [0.3, 0.4) is 0 Å². The molecule has 1 N–H and O–H groups in total. The number of aromatic nitrogens is 4. The molecule has 1 aliphatic heterocycles. The maximum absolute atomic E-state index is 15.0. The first-order valence-electron chi connectivity index (χ1n) is 10.6. The summed E-state index contributed by atoms with van der Waals surface area (Å²) in [6, 6.07) is 8.46. The fourth-order valence-electron chi connectivity index (χ4n) is 4.01. The van der Waals surface area contributed by atoms with Crippen molar-refractivity contribution in [3.05, 3.63) is 72.0 Å². The molecule has 1 aromatic carbocycles. The van der Waals surface area contributed by atoms with E-state index in [9.17, 15) is 18.5 Å². The molecule has 10 heteroatoms. The van der Waals surface area contributed by atoms with Gasteiger partial charge in [-0.1, -0.05) is 12.1 Å². The van der Waals surface area contributed by atoms with Gasteiger partial charge in [-0.2, -0.15) is 0 Å². The Bertz CT molecular complexity index is 1460. The van der Waals surface area contributed by atoms with Crippen molar-refractivity contribution in [1.29, 1.82) is 0 Å². The lowest BCUT2D eigenvalue weighted by Gasteiger charge is -2.28. The van der Waals surface area contributed by atoms with E-state index < -0.39 is 22.2 Å². The van der Waals surface area contributed by atoms with E-state index in [0.29, 0.717) is 33.2 Å². The molecule has 0 spiro atoms. The maximum atomic E-state index is 15.0. The average molecular weight is 480 g/mol. The van der Waals surface area contributed by atoms with Gasteiger partial charge in [-0.25, -0.2) is 19.3 Å². The Morgan fingerprint density at radius 2 is 1.91 bits per heavy atom. The van der Waals surface area contributed by atoms with E-state index in [-0.39, 0.29) is 29.6 Å². The van der Waals surface area contributed by atoms with E-state index in [1.165, 1.54) is 18.5 Å². The number of rotatable bonds is 4. The normalized spacial score (nSPS) is 16.2. The van der Waals surface area contributed by atoms with Crippen LogP contribution in [0.4, 0.5) is 10.1 Å². The fraction of sp³-hybridized carbons (Fsp3) is 0.250. The van der Waals surface area contributed by atoms with Crippen molar-refractivity contribution >= 4 is 28.0 Å². The average Bonchev–Trinajstić information content (AvgIpc) is 3.09. The second-order valence-corrected chi connectivity index (χ2v) is 10.1. The third-order valence-corrected chi connectivity index (χ3v) is 7.13. The third kappa shape index (κ3) is 3.78. The topological polar surface area (TPSA) is 101 Å². The van der Waals surface area contributed by atoms with Gasteiger partial charge in [-0.15, -0.1) is 0 Å². The Kier molecular flexibility index (Phi) is 5.29. The number of aryl methyl sites for hydroxylation is 1. The number of carbonyl (C=O) groups is 1. The van der Waals surface area contributed by atoms with Crippen LogP contribution < -0.4 is 4.90 Å². The van der Waals surface area contributed by atoms with Gasteiger partial charge >= 0.3 is 0 Å². The second-order valence-electron chi connectivity index (χ2n) is 8.70. The quantitative estimate of drug-likeness (QED) is 0.483. The Labute approximate surface area is 197 Å². The second kappa shape index (κ2) is 8.07. The molecule has 1 atom stereocenters. The number of hydrogen-bond acceptors (Lipinski definition) is 6. The van der Waals surface area contributed by atoms with Gasteiger partial charge in [0, 0.05) is 35.8 Å². The van der Waals surface area contributed by atoms with Crippen molar-refractivity contribution in [3.63, 3.8) is 0 Å². The van der Waals surface area contributed by atoms with Gasteiger partial charge < -0.3 is 14.4 Å². The number of nitrogens with zero attached hydrogens (tertiary/aromatic N) is 5. The molecule has 1 unspecified atom stereocenters. The van der Waals surface area contributed by atoms with Crippen molar-refractivity contribution in [2.75, 3.05) is 10.7 Å². The van der Waals surface area contributed by atoms with Crippen molar-refractivity contribution in [2.45, 2.75) is 37.8 Å². The van der Waals surface area contributed by atoms with Crippen LogP contribution in [0.25, 0.3) is 16.8 Å². The van der Waals surface area contributed by atoms with Crippen molar-refractivity contribution in [2.24, 2.45) is 0 Å². The summed E-state index contributed by atoms with van der Waals surface area (Å²) in [6.07, 6.45) is 4.54. The van der Waals surface area contributed by atoms with Crippen LogP contribution in [0.15, 0.2) is 53.8 Å². The highest BCUT2D eigenvalue weighted by Crippen LogP contribution is 2.31. The number of imidazole rings is 1. The monoisotopic (exact) mass is 479 g/mol. The van der Waals surface area contributed by atoms with Crippen molar-refractivity contribution in [1.82, 2.24) is 19.4 Å². The van der Waals surface area contributed by atoms with E-state index in [2.05, 4.69) is 15.0 Å². The molecular weight excluding hydrogens is 457 g/mol. The third-order valence-electron chi connectivity index (χ3n) is 5.78. The highest BCUT2D eigenvalue weighted by atomic mass is 32.2. The number of carbonyl (C=O) groups excluding carboxylic acids is 1. The number of aliphatic hydroxyl groups is 1. The van der Waals surface area contributed by atoms with Gasteiger partial charge in [0.15, 0.2) is 5.82 Å². The van der Waals surface area contributed by atoms with Crippen molar-refractivity contribution < 1.29 is 18.5 Å². The smallest absolute Gasteiger partial charge is 0.240 e. The number of fused-ring (bicyclic) bond motifs is 2. The Balaban J connectivity index is 1.58. The minimum absolute atomic E-state index is 0.0857. The van der Waals surface area contributed by atoms with Gasteiger partial charge in [-0.3, -0.25) is 9.00 Å². The zero-order chi connectivity index (χ0) is 24.2. The van der Waals surface area contributed by atoms with Crippen LogP contribution in [0, 0.1) is 12.7 Å². The molecule has 0 bridgehead atoms. The molecule has 0 saturated carbocycles. The lowest BCUT2D eigenvalue weighted by molar-refractivity contribution is -0.116.